The molecule has 0 aromatic heterocycles. The Kier molecular flexibility index (Phi) is 24.4. The van der Waals surface area contributed by atoms with Crippen LogP contribution in [0.2, 0.25) is 0 Å². The van der Waals surface area contributed by atoms with Crippen molar-refractivity contribution in [3.05, 3.63) is 0 Å². The Balaban J connectivity index is 0. The quantitative estimate of drug-likeness (QED) is 0.279. The molecule has 0 saturated carbocycles. The van der Waals surface area contributed by atoms with Gasteiger partial charge in [0.15, 0.2) is 0 Å². The lowest BCUT2D eigenvalue weighted by Crippen LogP contribution is -2.07. The molecule has 0 radical (unpaired) electrons. The van der Waals surface area contributed by atoms with Gasteiger partial charge < -0.3 is 10.7 Å². The molecule has 0 heterocycles. The summed E-state index contributed by atoms with van der Waals surface area (Å²) in [5.74, 6) is 0. The molecular weight excluding hydrogens is 262 g/mol. The van der Waals surface area contributed by atoms with E-state index in [0.29, 0.717) is 0 Å². The molecule has 0 aromatic rings. The van der Waals surface area contributed by atoms with Crippen LogP contribution in [0.4, 0.5) is 0 Å². The van der Waals surface area contributed by atoms with Crippen LogP contribution in [0.3, 0.4) is 0 Å². The fraction of sp³-hybridized carbons (Fsp3) is 1.00. The third-order valence-corrected chi connectivity index (χ3v) is 4.14. The van der Waals surface area contributed by atoms with Gasteiger partial charge >= 0.3 is 0 Å². The standard InChI is InChI=1S/C18H39NO.H2O/c1-2-3-4-5-6-7-8-9-10-11-12-13-14-15-16-17-18-19-20;/h19-20H,2-18H2,1H3;1H2. The molecule has 0 amide bonds. The molecule has 0 rings (SSSR count). The largest absolute Gasteiger partial charge is 0.412 e. The molecule has 0 aromatic carbocycles. The van der Waals surface area contributed by atoms with E-state index in [0.717, 1.165) is 13.0 Å². The molecular formula is C18H41NO2. The van der Waals surface area contributed by atoms with Gasteiger partial charge in [-0.15, -0.1) is 0 Å². The van der Waals surface area contributed by atoms with E-state index in [1.165, 1.54) is 96.3 Å². The second-order valence-corrected chi connectivity index (χ2v) is 6.21. The molecule has 130 valence electrons. The van der Waals surface area contributed by atoms with Crippen LogP contribution in [-0.4, -0.2) is 17.2 Å². The van der Waals surface area contributed by atoms with Crippen molar-refractivity contribution in [3.63, 3.8) is 0 Å². The molecule has 0 unspecified atom stereocenters. The van der Waals surface area contributed by atoms with Crippen LogP contribution in [-0.2, 0) is 0 Å². The molecule has 0 aliphatic carbocycles. The van der Waals surface area contributed by atoms with E-state index in [1.54, 1.807) is 0 Å². The predicted octanol–water partition coefficient (Wildman–Crippen LogP) is 5.40. The molecule has 3 heteroatoms. The van der Waals surface area contributed by atoms with Crippen molar-refractivity contribution in [1.82, 2.24) is 5.48 Å². The number of hydroxylamine groups is 1. The summed E-state index contributed by atoms with van der Waals surface area (Å²) in [6.45, 7) is 3.03. The predicted molar refractivity (Wildman–Crippen MR) is 92.9 cm³/mol. The molecule has 4 N–H and O–H groups in total. The summed E-state index contributed by atoms with van der Waals surface area (Å²) >= 11 is 0. The fourth-order valence-electron chi connectivity index (χ4n) is 2.75. The van der Waals surface area contributed by atoms with Crippen molar-refractivity contribution in [2.24, 2.45) is 0 Å². The first-order valence-corrected chi connectivity index (χ1v) is 9.28. The van der Waals surface area contributed by atoms with E-state index in [9.17, 15) is 0 Å². The summed E-state index contributed by atoms with van der Waals surface area (Å²) in [6.07, 6.45) is 22.3. The minimum absolute atomic E-state index is 0. The Morgan fingerprint density at radius 1 is 0.524 bits per heavy atom. The zero-order valence-corrected chi connectivity index (χ0v) is 14.5. The van der Waals surface area contributed by atoms with Gasteiger partial charge in [-0.25, -0.2) is 5.48 Å². The zero-order chi connectivity index (χ0) is 14.7. The maximum atomic E-state index is 8.43. The van der Waals surface area contributed by atoms with Crippen molar-refractivity contribution in [2.75, 3.05) is 6.54 Å². The van der Waals surface area contributed by atoms with Crippen LogP contribution >= 0.6 is 0 Å². The van der Waals surface area contributed by atoms with Gasteiger partial charge in [-0.3, -0.25) is 0 Å². The van der Waals surface area contributed by atoms with E-state index in [1.807, 2.05) is 0 Å². The van der Waals surface area contributed by atoms with Crippen molar-refractivity contribution in [3.8, 4) is 0 Å². The van der Waals surface area contributed by atoms with E-state index in [-0.39, 0.29) is 5.48 Å². The molecule has 3 nitrogen and oxygen atoms in total. The van der Waals surface area contributed by atoms with E-state index >= 15 is 0 Å². The number of nitrogens with one attached hydrogen (secondary N) is 1. The van der Waals surface area contributed by atoms with E-state index in [4.69, 9.17) is 5.21 Å². The lowest BCUT2D eigenvalue weighted by atomic mass is 10.0. The lowest BCUT2D eigenvalue weighted by molar-refractivity contribution is 0.164. The van der Waals surface area contributed by atoms with Gasteiger partial charge in [-0.05, 0) is 6.42 Å². The molecule has 0 aliphatic rings. The first-order valence-electron chi connectivity index (χ1n) is 9.28. The average Bonchev–Trinajstić information content (AvgIpc) is 2.47. The van der Waals surface area contributed by atoms with Gasteiger partial charge in [0.25, 0.3) is 0 Å². The highest BCUT2D eigenvalue weighted by atomic mass is 16.5. The van der Waals surface area contributed by atoms with Crippen LogP contribution < -0.4 is 5.48 Å². The topological polar surface area (TPSA) is 63.8 Å². The van der Waals surface area contributed by atoms with Crippen LogP contribution in [0, 0.1) is 0 Å². The van der Waals surface area contributed by atoms with Gasteiger partial charge in [0.1, 0.15) is 0 Å². The second kappa shape index (κ2) is 22.2. The third kappa shape index (κ3) is 22.3. The van der Waals surface area contributed by atoms with Gasteiger partial charge in [-0.2, -0.15) is 0 Å². The minimum Gasteiger partial charge on any atom is -0.412 e. The Morgan fingerprint density at radius 2 is 0.810 bits per heavy atom. The molecule has 0 spiro atoms. The summed E-state index contributed by atoms with van der Waals surface area (Å²) in [6, 6.07) is 0. The zero-order valence-electron chi connectivity index (χ0n) is 14.5. The van der Waals surface area contributed by atoms with E-state index in [2.05, 4.69) is 12.4 Å². The first-order chi connectivity index (χ1) is 9.91. The van der Waals surface area contributed by atoms with Gasteiger partial charge in [-0.1, -0.05) is 103 Å². The molecule has 0 saturated heterocycles. The van der Waals surface area contributed by atoms with Crippen LogP contribution in [0.1, 0.15) is 110 Å². The van der Waals surface area contributed by atoms with Crippen molar-refractivity contribution in [2.45, 2.75) is 110 Å². The highest BCUT2D eigenvalue weighted by Gasteiger charge is 1.94. The van der Waals surface area contributed by atoms with E-state index < -0.39 is 0 Å². The summed E-state index contributed by atoms with van der Waals surface area (Å²) in [4.78, 5) is 0. The maximum absolute atomic E-state index is 8.43. The monoisotopic (exact) mass is 303 g/mol. The SMILES string of the molecule is CCCCCCCCCCCCCCCCCCNO.O. The van der Waals surface area contributed by atoms with Crippen LogP contribution in [0.15, 0.2) is 0 Å². The number of hydrogen-bond donors (Lipinski definition) is 2. The summed E-state index contributed by atoms with van der Waals surface area (Å²) < 4.78 is 0. The summed E-state index contributed by atoms with van der Waals surface area (Å²) in [5.41, 5.74) is 2.22. The number of unbranched alkanes of at least 4 members (excludes halogenated alkanes) is 15. The van der Waals surface area contributed by atoms with Crippen LogP contribution in [0.25, 0.3) is 0 Å². The Morgan fingerprint density at radius 3 is 1.10 bits per heavy atom. The normalized spacial score (nSPS) is 10.6. The van der Waals surface area contributed by atoms with Crippen LogP contribution in [0.5, 0.6) is 0 Å². The van der Waals surface area contributed by atoms with Gasteiger partial charge in [0, 0.05) is 6.54 Å². The molecule has 0 bridgehead atoms. The van der Waals surface area contributed by atoms with Crippen molar-refractivity contribution < 1.29 is 10.7 Å². The maximum Gasteiger partial charge on any atom is 0.0207 e. The Hall–Kier alpha value is -0.120. The average molecular weight is 304 g/mol. The fourth-order valence-corrected chi connectivity index (χ4v) is 2.75. The van der Waals surface area contributed by atoms with Gasteiger partial charge in [0.05, 0.1) is 0 Å². The summed E-state index contributed by atoms with van der Waals surface area (Å²) in [5, 5.41) is 8.43. The number of rotatable bonds is 17. The molecule has 0 atom stereocenters. The molecule has 0 aliphatic heterocycles. The highest BCUT2D eigenvalue weighted by molar-refractivity contribution is 4.50. The Labute approximate surface area is 133 Å². The lowest BCUT2D eigenvalue weighted by Gasteiger charge is -2.03. The van der Waals surface area contributed by atoms with Gasteiger partial charge in [0.2, 0.25) is 0 Å². The number of hydrogen-bond acceptors (Lipinski definition) is 2. The van der Waals surface area contributed by atoms with Crippen molar-refractivity contribution in [1.29, 1.82) is 0 Å². The summed E-state index contributed by atoms with van der Waals surface area (Å²) in [7, 11) is 0. The third-order valence-electron chi connectivity index (χ3n) is 4.14. The minimum atomic E-state index is 0. The molecule has 21 heavy (non-hydrogen) atoms. The Bertz CT molecular complexity index is 147. The first kappa shape index (κ1) is 23.2. The van der Waals surface area contributed by atoms with Crippen molar-refractivity contribution >= 4 is 0 Å². The highest BCUT2D eigenvalue weighted by Crippen LogP contribution is 2.13. The second-order valence-electron chi connectivity index (χ2n) is 6.21. The smallest absolute Gasteiger partial charge is 0.0207 e. The molecule has 0 fully saturated rings.